The van der Waals surface area contributed by atoms with Gasteiger partial charge >= 0.3 is 0 Å². The van der Waals surface area contributed by atoms with Crippen LogP contribution in [0.2, 0.25) is 0 Å². The lowest BCUT2D eigenvalue weighted by molar-refractivity contribution is 0.146. The molecule has 2 rings (SSSR count). The van der Waals surface area contributed by atoms with Gasteiger partial charge in [-0.3, -0.25) is 0 Å². The molecule has 0 atom stereocenters. The summed E-state index contributed by atoms with van der Waals surface area (Å²) in [6.45, 7) is 2.35. The van der Waals surface area contributed by atoms with Gasteiger partial charge in [-0.1, -0.05) is 6.07 Å². The van der Waals surface area contributed by atoms with Crippen LogP contribution < -0.4 is 10.1 Å². The number of hydrogen-bond donors (Lipinski definition) is 1. The third kappa shape index (κ3) is 5.81. The minimum atomic E-state index is 0.585. The number of halogens is 1. The number of hydrogen-bond acceptors (Lipinski definition) is 3. The van der Waals surface area contributed by atoms with Gasteiger partial charge in [-0.15, -0.1) is 0 Å². The summed E-state index contributed by atoms with van der Waals surface area (Å²) >= 11 is 3.57. The average molecular weight is 342 g/mol. The molecule has 1 aliphatic carbocycles. The second-order valence-electron chi connectivity index (χ2n) is 5.29. The summed E-state index contributed by atoms with van der Waals surface area (Å²) in [4.78, 5) is 0. The summed E-state index contributed by atoms with van der Waals surface area (Å²) in [6.07, 6.45) is 6.36. The molecule has 4 heteroatoms. The molecule has 0 saturated heterocycles. The molecule has 1 aromatic carbocycles. The van der Waals surface area contributed by atoms with Crippen LogP contribution in [0.25, 0.3) is 0 Å². The van der Waals surface area contributed by atoms with Crippen molar-refractivity contribution in [1.82, 2.24) is 5.32 Å². The Morgan fingerprint density at radius 2 is 2.10 bits per heavy atom. The lowest BCUT2D eigenvalue weighted by atomic mass is 10.1. The Kier molecular flexibility index (Phi) is 6.83. The third-order valence-electron chi connectivity index (χ3n) is 3.44. The van der Waals surface area contributed by atoms with Crippen molar-refractivity contribution < 1.29 is 9.47 Å². The molecule has 0 radical (unpaired) electrons. The SMILES string of the molecule is COCCOc1ccc(CCCCNC2CC2)cc1Br. The standard InChI is InChI=1S/C16H24BrNO2/c1-19-10-11-20-16-8-5-13(12-15(16)17)4-2-3-9-18-14-6-7-14/h5,8,12,14,18H,2-4,6-7,9-11H2,1H3. The molecule has 0 amide bonds. The normalized spacial score (nSPS) is 14.5. The monoisotopic (exact) mass is 341 g/mol. The summed E-state index contributed by atoms with van der Waals surface area (Å²) in [5.74, 6) is 0.890. The first-order chi connectivity index (χ1) is 9.79. The van der Waals surface area contributed by atoms with Gasteiger partial charge in [0.05, 0.1) is 11.1 Å². The van der Waals surface area contributed by atoms with E-state index in [4.69, 9.17) is 9.47 Å². The zero-order valence-electron chi connectivity index (χ0n) is 12.2. The van der Waals surface area contributed by atoms with Crippen LogP contribution in [0.1, 0.15) is 31.2 Å². The lowest BCUT2D eigenvalue weighted by Gasteiger charge is -2.09. The van der Waals surface area contributed by atoms with E-state index in [1.807, 2.05) is 6.07 Å². The van der Waals surface area contributed by atoms with Crippen LogP contribution in [0.4, 0.5) is 0 Å². The molecule has 1 saturated carbocycles. The second-order valence-corrected chi connectivity index (χ2v) is 6.15. The maximum atomic E-state index is 5.63. The van der Waals surface area contributed by atoms with Gasteiger partial charge in [-0.05, 0) is 72.3 Å². The highest BCUT2D eigenvalue weighted by Crippen LogP contribution is 2.26. The molecule has 0 aromatic heterocycles. The van der Waals surface area contributed by atoms with Gasteiger partial charge < -0.3 is 14.8 Å². The number of benzene rings is 1. The molecule has 3 nitrogen and oxygen atoms in total. The number of ether oxygens (including phenoxy) is 2. The van der Waals surface area contributed by atoms with E-state index < -0.39 is 0 Å². The van der Waals surface area contributed by atoms with Gasteiger partial charge in [0.15, 0.2) is 0 Å². The minimum absolute atomic E-state index is 0.585. The van der Waals surface area contributed by atoms with Crippen molar-refractivity contribution in [1.29, 1.82) is 0 Å². The summed E-state index contributed by atoms with van der Waals surface area (Å²) in [7, 11) is 1.68. The van der Waals surface area contributed by atoms with E-state index in [-0.39, 0.29) is 0 Å². The quantitative estimate of drug-likeness (QED) is 0.660. The van der Waals surface area contributed by atoms with Crippen LogP contribution in [0.5, 0.6) is 5.75 Å². The second kappa shape index (κ2) is 8.65. The highest BCUT2D eigenvalue weighted by molar-refractivity contribution is 9.10. The molecule has 1 fully saturated rings. The highest BCUT2D eigenvalue weighted by atomic mass is 79.9. The summed E-state index contributed by atoms with van der Waals surface area (Å²) in [6, 6.07) is 7.18. The molecule has 1 aromatic rings. The van der Waals surface area contributed by atoms with Gasteiger partial charge in [0.25, 0.3) is 0 Å². The van der Waals surface area contributed by atoms with Gasteiger partial charge in [0.2, 0.25) is 0 Å². The van der Waals surface area contributed by atoms with E-state index in [9.17, 15) is 0 Å². The van der Waals surface area contributed by atoms with Crippen LogP contribution in [0.15, 0.2) is 22.7 Å². The number of unbranched alkanes of at least 4 members (excludes halogenated alkanes) is 1. The molecule has 0 bridgehead atoms. The minimum Gasteiger partial charge on any atom is -0.490 e. The first-order valence-electron chi connectivity index (χ1n) is 7.43. The van der Waals surface area contributed by atoms with Crippen molar-refractivity contribution in [2.45, 2.75) is 38.1 Å². The molecule has 112 valence electrons. The predicted molar refractivity (Wildman–Crippen MR) is 85.5 cm³/mol. The molecule has 1 aliphatic rings. The number of aryl methyl sites for hydroxylation is 1. The van der Waals surface area contributed by atoms with Gasteiger partial charge in [0, 0.05) is 13.2 Å². The molecule has 0 unspecified atom stereocenters. The summed E-state index contributed by atoms with van der Waals surface area (Å²) < 4.78 is 11.6. The average Bonchev–Trinajstić information content (AvgIpc) is 3.25. The molecular weight excluding hydrogens is 318 g/mol. The molecular formula is C16H24BrNO2. The van der Waals surface area contributed by atoms with Crippen molar-refractivity contribution in [2.75, 3.05) is 26.9 Å². The topological polar surface area (TPSA) is 30.5 Å². The van der Waals surface area contributed by atoms with Crippen LogP contribution in [-0.4, -0.2) is 32.9 Å². The summed E-state index contributed by atoms with van der Waals surface area (Å²) in [5, 5.41) is 3.55. The highest BCUT2D eigenvalue weighted by Gasteiger charge is 2.19. The summed E-state index contributed by atoms with van der Waals surface area (Å²) in [5.41, 5.74) is 1.36. The van der Waals surface area contributed by atoms with Crippen molar-refractivity contribution >= 4 is 15.9 Å². The van der Waals surface area contributed by atoms with Crippen molar-refractivity contribution in [3.05, 3.63) is 28.2 Å². The van der Waals surface area contributed by atoms with E-state index in [1.54, 1.807) is 7.11 Å². The smallest absolute Gasteiger partial charge is 0.133 e. The maximum absolute atomic E-state index is 5.63. The number of rotatable bonds is 10. The lowest BCUT2D eigenvalue weighted by Crippen LogP contribution is -2.17. The van der Waals surface area contributed by atoms with Crippen molar-refractivity contribution in [2.24, 2.45) is 0 Å². The fraction of sp³-hybridized carbons (Fsp3) is 0.625. The van der Waals surface area contributed by atoms with E-state index in [0.717, 1.165) is 29.2 Å². The molecule has 0 heterocycles. The number of nitrogens with one attached hydrogen (secondary N) is 1. The van der Waals surface area contributed by atoms with Gasteiger partial charge in [-0.25, -0.2) is 0 Å². The Morgan fingerprint density at radius 3 is 2.80 bits per heavy atom. The fourth-order valence-corrected chi connectivity index (χ4v) is 2.64. The van der Waals surface area contributed by atoms with Gasteiger partial charge in [-0.2, -0.15) is 0 Å². The molecule has 1 N–H and O–H groups in total. The predicted octanol–water partition coefficient (Wildman–Crippen LogP) is 3.55. The van der Waals surface area contributed by atoms with Crippen molar-refractivity contribution in [3.8, 4) is 5.75 Å². The fourth-order valence-electron chi connectivity index (χ4n) is 2.10. The largest absolute Gasteiger partial charge is 0.490 e. The maximum Gasteiger partial charge on any atom is 0.133 e. The zero-order chi connectivity index (χ0) is 14.2. The Morgan fingerprint density at radius 1 is 1.25 bits per heavy atom. The molecule has 0 spiro atoms. The van der Waals surface area contributed by atoms with Crippen LogP contribution in [0.3, 0.4) is 0 Å². The van der Waals surface area contributed by atoms with Crippen LogP contribution in [0, 0.1) is 0 Å². The van der Waals surface area contributed by atoms with Crippen LogP contribution in [-0.2, 0) is 11.2 Å². The zero-order valence-corrected chi connectivity index (χ0v) is 13.7. The van der Waals surface area contributed by atoms with E-state index in [1.165, 1.54) is 31.2 Å². The Hall–Kier alpha value is -0.580. The molecule has 20 heavy (non-hydrogen) atoms. The third-order valence-corrected chi connectivity index (χ3v) is 4.06. The Labute approximate surface area is 130 Å². The van der Waals surface area contributed by atoms with E-state index in [2.05, 4.69) is 33.4 Å². The Balaban J connectivity index is 1.67. The van der Waals surface area contributed by atoms with Crippen molar-refractivity contribution in [3.63, 3.8) is 0 Å². The van der Waals surface area contributed by atoms with Gasteiger partial charge in [0.1, 0.15) is 12.4 Å². The van der Waals surface area contributed by atoms with E-state index in [0.29, 0.717) is 13.2 Å². The Bertz CT molecular complexity index is 407. The number of methoxy groups -OCH3 is 1. The van der Waals surface area contributed by atoms with Crippen LogP contribution >= 0.6 is 15.9 Å². The molecule has 0 aliphatic heterocycles. The first kappa shape index (κ1) is 15.8. The van der Waals surface area contributed by atoms with E-state index >= 15 is 0 Å². The first-order valence-corrected chi connectivity index (χ1v) is 8.22.